The van der Waals surface area contributed by atoms with Crippen molar-refractivity contribution in [2.24, 2.45) is 11.8 Å². The molecule has 17 heteroatoms. The van der Waals surface area contributed by atoms with Crippen LogP contribution in [0.1, 0.15) is 63.4 Å². The second kappa shape index (κ2) is 18.1. The Balaban J connectivity index is 0.913. The van der Waals surface area contributed by atoms with E-state index in [1.165, 1.54) is 4.90 Å². The number of likely N-dealkylation sites (tertiary alicyclic amines) is 2. The van der Waals surface area contributed by atoms with Crippen LogP contribution in [0.15, 0.2) is 71.9 Å². The highest BCUT2D eigenvalue weighted by Crippen LogP contribution is 2.34. The van der Waals surface area contributed by atoms with Gasteiger partial charge in [0, 0.05) is 44.2 Å². The lowest BCUT2D eigenvalue weighted by Crippen LogP contribution is -2.49. The maximum atomic E-state index is 14.0. The second-order valence-corrected chi connectivity index (χ2v) is 16.8. The van der Waals surface area contributed by atoms with E-state index < -0.39 is 29.9 Å². The smallest absolute Gasteiger partial charge is 0.243 e. The lowest BCUT2D eigenvalue weighted by atomic mass is 9.91. The zero-order valence-electron chi connectivity index (χ0n) is 34.2. The van der Waals surface area contributed by atoms with Crippen LogP contribution in [-0.4, -0.2) is 113 Å². The molecule has 3 aromatic heterocycles. The number of thiazole rings is 1. The molecule has 2 saturated heterocycles. The summed E-state index contributed by atoms with van der Waals surface area (Å²) in [6.45, 7) is 9.56. The molecule has 7 rings (SSSR count). The highest BCUT2D eigenvalue weighted by atomic mass is 32.1. The quantitative estimate of drug-likeness (QED) is 0.0498. The van der Waals surface area contributed by atoms with Gasteiger partial charge in [0.1, 0.15) is 24.2 Å². The lowest BCUT2D eigenvalue weighted by molar-refractivity contribution is -0.142. The van der Waals surface area contributed by atoms with Crippen molar-refractivity contribution in [3.05, 3.63) is 83.2 Å². The monoisotopic (exact) mass is 836 g/mol. The van der Waals surface area contributed by atoms with Crippen molar-refractivity contribution in [2.45, 2.75) is 71.2 Å². The molecule has 0 radical (unpaired) electrons. The van der Waals surface area contributed by atoms with Crippen LogP contribution in [0, 0.1) is 24.2 Å². The third kappa shape index (κ3) is 9.12. The van der Waals surface area contributed by atoms with Gasteiger partial charge in [0.2, 0.25) is 17.7 Å². The Kier molecular flexibility index (Phi) is 12.8. The molecule has 0 spiro atoms. The topological polar surface area (TPSA) is 229 Å². The zero-order chi connectivity index (χ0) is 42.7. The number of aliphatic hydroxyl groups excluding tert-OH is 2. The van der Waals surface area contributed by atoms with Gasteiger partial charge in [-0.3, -0.25) is 24.6 Å². The van der Waals surface area contributed by atoms with Gasteiger partial charge in [-0.1, -0.05) is 50.2 Å². The van der Waals surface area contributed by atoms with E-state index in [0.29, 0.717) is 29.1 Å². The number of piperidine rings is 1. The molecule has 0 saturated carbocycles. The average Bonchev–Trinajstić information content (AvgIpc) is 3.94. The van der Waals surface area contributed by atoms with E-state index in [1.807, 2.05) is 60.4 Å². The first-order chi connectivity index (χ1) is 28.8. The average molecular weight is 837 g/mol. The normalized spacial score (nSPS) is 18.8. The number of para-hydroxylation sites is 1. The van der Waals surface area contributed by atoms with Gasteiger partial charge < -0.3 is 36.0 Å². The number of amides is 2. The SMILES string of the molecule is Cc1ncsc1-c1ccc([C@H](C)NC(=O)[C@@H]2C[C@@H](O)CN2C(=O)C(/C(O)=C/C(=N)OCCN2CCC(n3nc(N)c4nnc(-c5ccccc5O)cc43)CC2)C(C)C)cc1. The predicted octanol–water partition coefficient (Wildman–Crippen LogP) is 5.40. The minimum Gasteiger partial charge on any atom is -0.511 e. The molecule has 2 aliphatic rings. The standard InChI is InChI=1S/C43H52N10O6S/c1-24(2)38(43(58)52-22-30(54)19-34(52)42(57)47-25(3)27-9-11-28(12-10-27)40-26(4)46-23-60-40)36(56)21-37(44)59-18-17-51-15-13-29(14-16-51)53-33-20-32(31-7-5-6-8-35(31)55)48-49-39(33)41(45)50-53/h5-12,20-21,23-25,29-30,34,38,44,54-56H,13-19,22H2,1-4H3,(H2,45,50)(H,47,57)/b36-21-,44-37?/t25-,30+,34-,38?/m0/s1. The molecule has 1 unspecified atom stereocenters. The van der Waals surface area contributed by atoms with Crippen LogP contribution in [0.5, 0.6) is 5.75 Å². The molecular formula is C43H52N10O6S. The Labute approximate surface area is 352 Å². The summed E-state index contributed by atoms with van der Waals surface area (Å²) in [7, 11) is 0. The summed E-state index contributed by atoms with van der Waals surface area (Å²) in [6, 6.07) is 15.5. The number of ether oxygens (including phenoxy) is 1. The number of carbonyl (C=O) groups excluding carboxylic acids is 2. The minimum absolute atomic E-state index is 0.0489. The summed E-state index contributed by atoms with van der Waals surface area (Å²) in [5.74, 6) is -2.56. The van der Waals surface area contributed by atoms with Gasteiger partial charge in [-0.2, -0.15) is 5.10 Å². The summed E-state index contributed by atoms with van der Waals surface area (Å²) in [6.07, 6.45) is 1.88. The molecule has 16 nitrogen and oxygen atoms in total. The van der Waals surface area contributed by atoms with Gasteiger partial charge in [-0.15, -0.1) is 21.5 Å². The van der Waals surface area contributed by atoms with Crippen LogP contribution in [0.4, 0.5) is 5.82 Å². The number of nitrogen functional groups attached to an aromatic ring is 1. The Morgan fingerprint density at radius 3 is 2.52 bits per heavy atom. The molecule has 5 heterocycles. The fourth-order valence-corrected chi connectivity index (χ4v) is 8.94. The van der Waals surface area contributed by atoms with E-state index in [-0.39, 0.29) is 55.0 Å². The first-order valence-corrected chi connectivity index (χ1v) is 21.1. The molecule has 316 valence electrons. The Hall–Kier alpha value is -5.91. The third-order valence-electron chi connectivity index (χ3n) is 11.4. The molecule has 2 aromatic carbocycles. The maximum Gasteiger partial charge on any atom is 0.243 e. The van der Waals surface area contributed by atoms with Gasteiger partial charge in [0.15, 0.2) is 11.3 Å². The van der Waals surface area contributed by atoms with Crippen molar-refractivity contribution < 1.29 is 29.6 Å². The van der Waals surface area contributed by atoms with Crippen molar-refractivity contribution >= 4 is 45.9 Å². The molecule has 2 aliphatic heterocycles. The third-order valence-corrected chi connectivity index (χ3v) is 12.4. The highest BCUT2D eigenvalue weighted by molar-refractivity contribution is 7.13. The molecule has 0 aliphatic carbocycles. The maximum absolute atomic E-state index is 14.0. The number of nitrogens with one attached hydrogen (secondary N) is 2. The summed E-state index contributed by atoms with van der Waals surface area (Å²) >= 11 is 1.57. The summed E-state index contributed by atoms with van der Waals surface area (Å²) < 4.78 is 7.59. The van der Waals surface area contributed by atoms with Crippen LogP contribution >= 0.6 is 11.3 Å². The number of benzene rings is 2. The van der Waals surface area contributed by atoms with Crippen LogP contribution in [0.2, 0.25) is 0 Å². The number of aromatic nitrogens is 5. The van der Waals surface area contributed by atoms with Crippen molar-refractivity contribution in [3.8, 4) is 27.4 Å². The van der Waals surface area contributed by atoms with Gasteiger partial charge >= 0.3 is 0 Å². The number of hydrogen-bond donors (Lipinski definition) is 6. The molecule has 60 heavy (non-hydrogen) atoms. The molecule has 4 atom stereocenters. The number of anilines is 1. The number of aromatic hydroxyl groups is 1. The van der Waals surface area contributed by atoms with Crippen molar-refractivity contribution in [3.63, 3.8) is 0 Å². The predicted molar refractivity (Wildman–Crippen MR) is 229 cm³/mol. The molecule has 0 bridgehead atoms. The van der Waals surface area contributed by atoms with Crippen LogP contribution in [0.25, 0.3) is 32.7 Å². The number of carbonyl (C=O) groups is 2. The first-order valence-electron chi connectivity index (χ1n) is 20.2. The number of phenols is 1. The van der Waals surface area contributed by atoms with Crippen LogP contribution < -0.4 is 11.1 Å². The number of rotatable bonds is 13. The van der Waals surface area contributed by atoms with Gasteiger partial charge in [0.05, 0.1) is 51.4 Å². The molecule has 5 aromatic rings. The number of fused-ring (bicyclic) bond motifs is 1. The second-order valence-electron chi connectivity index (χ2n) is 15.9. The van der Waals surface area contributed by atoms with Gasteiger partial charge in [-0.25, -0.2) is 4.98 Å². The number of nitrogens with two attached hydrogens (primary N) is 1. The highest BCUT2D eigenvalue weighted by Gasteiger charge is 2.43. The molecule has 7 N–H and O–H groups in total. The van der Waals surface area contributed by atoms with E-state index in [2.05, 4.69) is 30.5 Å². The number of hydrogen-bond acceptors (Lipinski definition) is 14. The molecule has 2 amide bonds. The van der Waals surface area contributed by atoms with Gasteiger partial charge in [0.25, 0.3) is 0 Å². The van der Waals surface area contributed by atoms with Gasteiger partial charge in [-0.05, 0) is 61.9 Å². The summed E-state index contributed by atoms with van der Waals surface area (Å²) in [5.41, 5.74) is 13.3. The Morgan fingerprint density at radius 2 is 1.83 bits per heavy atom. The van der Waals surface area contributed by atoms with Crippen LogP contribution in [0.3, 0.4) is 0 Å². The van der Waals surface area contributed by atoms with E-state index >= 15 is 0 Å². The number of β-amino-alcohol motifs (C(OH)–C–C–N with tert-alkyl or cyclic N) is 1. The summed E-state index contributed by atoms with van der Waals surface area (Å²) in [4.78, 5) is 36.6. The van der Waals surface area contributed by atoms with Crippen molar-refractivity contribution in [1.82, 2.24) is 40.1 Å². The molecular weight excluding hydrogens is 785 g/mol. The number of aryl methyl sites for hydroxylation is 1. The fourth-order valence-electron chi connectivity index (χ4n) is 8.13. The van der Waals surface area contributed by atoms with Crippen molar-refractivity contribution in [1.29, 1.82) is 5.41 Å². The van der Waals surface area contributed by atoms with E-state index in [1.54, 1.807) is 43.4 Å². The largest absolute Gasteiger partial charge is 0.511 e. The number of phenolic OH excluding ortho intramolecular Hbond substituents is 1. The van der Waals surface area contributed by atoms with E-state index in [0.717, 1.165) is 59.2 Å². The van der Waals surface area contributed by atoms with E-state index in [9.17, 15) is 24.9 Å². The first kappa shape index (κ1) is 42.2. The number of aliphatic hydroxyl groups is 2. The Bertz CT molecular complexity index is 2370. The molecule has 2 fully saturated rings. The van der Waals surface area contributed by atoms with Crippen molar-refractivity contribution in [2.75, 3.05) is 38.5 Å². The lowest BCUT2D eigenvalue weighted by Gasteiger charge is -2.32. The zero-order valence-corrected chi connectivity index (χ0v) is 35.0. The Morgan fingerprint density at radius 1 is 1.10 bits per heavy atom. The fraction of sp³-hybridized carbons (Fsp3) is 0.419. The number of nitrogens with zero attached hydrogens (tertiary/aromatic N) is 7. The summed E-state index contributed by atoms with van der Waals surface area (Å²) in [5, 5.41) is 56.8. The van der Waals surface area contributed by atoms with E-state index in [4.69, 9.17) is 15.9 Å². The van der Waals surface area contributed by atoms with Crippen LogP contribution in [-0.2, 0) is 14.3 Å². The minimum atomic E-state index is -1.05.